The van der Waals surface area contributed by atoms with Crippen molar-refractivity contribution in [2.24, 2.45) is 0 Å². The molecule has 2 heterocycles. The number of aromatic nitrogens is 1. The van der Waals surface area contributed by atoms with Crippen molar-refractivity contribution in [3.63, 3.8) is 0 Å². The Bertz CT molecular complexity index is 679. The lowest BCUT2D eigenvalue weighted by Gasteiger charge is -2.12. The second-order valence-corrected chi connectivity index (χ2v) is 6.79. The number of amides is 2. The molecule has 0 aliphatic carbocycles. The number of urea groups is 1. The Morgan fingerprint density at radius 2 is 2.08 bits per heavy atom. The Morgan fingerprint density at radius 3 is 2.88 bits per heavy atom. The zero-order valence-corrected chi connectivity index (χ0v) is 14.9. The highest BCUT2D eigenvalue weighted by molar-refractivity contribution is 7.13. The molecule has 0 radical (unpaired) electrons. The first-order valence-electron chi connectivity index (χ1n) is 8.58. The molecular weight excluding hydrogens is 320 g/mol. The van der Waals surface area contributed by atoms with E-state index in [4.69, 9.17) is 0 Å². The van der Waals surface area contributed by atoms with Gasteiger partial charge in [0, 0.05) is 37.1 Å². The van der Waals surface area contributed by atoms with E-state index in [-0.39, 0.29) is 6.03 Å². The fourth-order valence-corrected chi connectivity index (χ4v) is 3.80. The van der Waals surface area contributed by atoms with Crippen LogP contribution in [0.1, 0.15) is 31.0 Å². The van der Waals surface area contributed by atoms with Gasteiger partial charge in [0.2, 0.25) is 0 Å². The Labute approximate surface area is 147 Å². The van der Waals surface area contributed by atoms with Crippen LogP contribution < -0.4 is 15.5 Å². The van der Waals surface area contributed by atoms with Crippen LogP contribution in [0.2, 0.25) is 0 Å². The first-order valence-corrected chi connectivity index (χ1v) is 9.46. The number of carbonyl (C=O) groups is 1. The van der Waals surface area contributed by atoms with E-state index < -0.39 is 0 Å². The van der Waals surface area contributed by atoms with Crippen molar-refractivity contribution in [2.75, 3.05) is 29.9 Å². The van der Waals surface area contributed by atoms with Gasteiger partial charge in [-0.3, -0.25) is 0 Å². The predicted octanol–water partition coefficient (Wildman–Crippen LogP) is 3.67. The van der Waals surface area contributed by atoms with E-state index in [2.05, 4.69) is 32.8 Å². The number of benzene rings is 1. The third-order valence-electron chi connectivity index (χ3n) is 4.23. The summed E-state index contributed by atoms with van der Waals surface area (Å²) >= 11 is 1.70. The fourth-order valence-electron chi connectivity index (χ4n) is 2.89. The van der Waals surface area contributed by atoms with Gasteiger partial charge in [0.05, 0.1) is 5.69 Å². The van der Waals surface area contributed by atoms with Gasteiger partial charge in [-0.2, -0.15) is 0 Å². The molecule has 1 aromatic carbocycles. The van der Waals surface area contributed by atoms with E-state index in [1.54, 1.807) is 11.3 Å². The van der Waals surface area contributed by atoms with E-state index in [9.17, 15) is 4.79 Å². The maximum atomic E-state index is 12.0. The van der Waals surface area contributed by atoms with Crippen LogP contribution in [0.5, 0.6) is 0 Å². The Kier molecular flexibility index (Phi) is 5.69. The van der Waals surface area contributed by atoms with Gasteiger partial charge in [-0.1, -0.05) is 25.1 Å². The van der Waals surface area contributed by atoms with Crippen LogP contribution in [0.3, 0.4) is 0 Å². The van der Waals surface area contributed by atoms with E-state index in [1.165, 1.54) is 12.8 Å². The second-order valence-electron chi connectivity index (χ2n) is 5.96. The molecule has 0 saturated carbocycles. The van der Waals surface area contributed by atoms with Gasteiger partial charge >= 0.3 is 6.03 Å². The predicted molar refractivity (Wildman–Crippen MR) is 100 cm³/mol. The third kappa shape index (κ3) is 4.26. The molecule has 3 rings (SSSR count). The SMILES string of the molecule is CCc1ccccc1NC(=O)NCCc1csc(N2CCCC2)n1. The first-order chi connectivity index (χ1) is 11.8. The summed E-state index contributed by atoms with van der Waals surface area (Å²) < 4.78 is 0. The number of hydrogen-bond acceptors (Lipinski definition) is 4. The number of para-hydroxylation sites is 1. The van der Waals surface area contributed by atoms with Gasteiger partial charge in [-0.25, -0.2) is 9.78 Å². The number of thiazole rings is 1. The Balaban J connectivity index is 1.45. The van der Waals surface area contributed by atoms with Gasteiger partial charge in [-0.15, -0.1) is 11.3 Å². The lowest BCUT2D eigenvalue weighted by Crippen LogP contribution is -2.30. The topological polar surface area (TPSA) is 57.3 Å². The number of aryl methyl sites for hydroxylation is 1. The minimum Gasteiger partial charge on any atom is -0.348 e. The summed E-state index contributed by atoms with van der Waals surface area (Å²) in [4.78, 5) is 19.1. The molecule has 0 spiro atoms. The van der Waals surface area contributed by atoms with Gasteiger partial charge in [-0.05, 0) is 30.9 Å². The summed E-state index contributed by atoms with van der Waals surface area (Å²) in [5.41, 5.74) is 3.07. The highest BCUT2D eigenvalue weighted by Gasteiger charge is 2.15. The van der Waals surface area contributed by atoms with E-state index in [0.29, 0.717) is 6.54 Å². The number of nitrogens with one attached hydrogen (secondary N) is 2. The van der Waals surface area contributed by atoms with Crippen LogP contribution in [-0.4, -0.2) is 30.6 Å². The number of nitrogens with zero attached hydrogens (tertiary/aromatic N) is 2. The average Bonchev–Trinajstić information content (AvgIpc) is 3.26. The molecule has 1 aliphatic rings. The normalized spacial score (nSPS) is 14.0. The first kappa shape index (κ1) is 16.8. The molecule has 2 amide bonds. The highest BCUT2D eigenvalue weighted by Crippen LogP contribution is 2.24. The van der Waals surface area contributed by atoms with Gasteiger partial charge < -0.3 is 15.5 Å². The molecule has 2 N–H and O–H groups in total. The van der Waals surface area contributed by atoms with Crippen LogP contribution in [-0.2, 0) is 12.8 Å². The standard InChI is InChI=1S/C18H24N4OS/c1-2-14-7-3-4-8-16(14)21-17(23)19-10-9-15-13-24-18(20-15)22-11-5-6-12-22/h3-4,7-8,13H,2,5-6,9-12H2,1H3,(H2,19,21,23). The lowest BCUT2D eigenvalue weighted by molar-refractivity contribution is 0.252. The molecule has 1 saturated heterocycles. The van der Waals surface area contributed by atoms with Crippen LogP contribution in [0.15, 0.2) is 29.6 Å². The Hall–Kier alpha value is -2.08. The maximum absolute atomic E-state index is 12.0. The summed E-state index contributed by atoms with van der Waals surface area (Å²) in [5, 5.41) is 9.04. The number of rotatable bonds is 6. The maximum Gasteiger partial charge on any atom is 0.319 e. The van der Waals surface area contributed by atoms with E-state index in [0.717, 1.165) is 48.0 Å². The minimum absolute atomic E-state index is 0.161. The van der Waals surface area contributed by atoms with Gasteiger partial charge in [0.15, 0.2) is 5.13 Å². The van der Waals surface area contributed by atoms with Crippen LogP contribution in [0.4, 0.5) is 15.6 Å². The van der Waals surface area contributed by atoms with Crippen molar-refractivity contribution < 1.29 is 4.79 Å². The summed E-state index contributed by atoms with van der Waals surface area (Å²) in [6.07, 6.45) is 4.17. The molecule has 24 heavy (non-hydrogen) atoms. The molecule has 5 nitrogen and oxygen atoms in total. The van der Waals surface area contributed by atoms with Gasteiger partial charge in [0.25, 0.3) is 0 Å². The van der Waals surface area contributed by atoms with Crippen molar-refractivity contribution in [3.8, 4) is 0 Å². The van der Waals surface area contributed by atoms with E-state index >= 15 is 0 Å². The van der Waals surface area contributed by atoms with Crippen molar-refractivity contribution in [1.82, 2.24) is 10.3 Å². The van der Waals surface area contributed by atoms with Crippen molar-refractivity contribution >= 4 is 28.2 Å². The molecule has 1 fully saturated rings. The highest BCUT2D eigenvalue weighted by atomic mass is 32.1. The van der Waals surface area contributed by atoms with Crippen LogP contribution in [0.25, 0.3) is 0 Å². The zero-order chi connectivity index (χ0) is 16.8. The average molecular weight is 344 g/mol. The monoisotopic (exact) mass is 344 g/mol. The van der Waals surface area contributed by atoms with Crippen molar-refractivity contribution in [2.45, 2.75) is 32.6 Å². The fraction of sp³-hybridized carbons (Fsp3) is 0.444. The summed E-state index contributed by atoms with van der Waals surface area (Å²) in [7, 11) is 0. The minimum atomic E-state index is -0.161. The van der Waals surface area contributed by atoms with Crippen molar-refractivity contribution in [3.05, 3.63) is 40.9 Å². The molecule has 1 aliphatic heterocycles. The molecule has 2 aromatic rings. The largest absolute Gasteiger partial charge is 0.348 e. The quantitative estimate of drug-likeness (QED) is 0.840. The molecule has 0 unspecified atom stereocenters. The molecule has 6 heteroatoms. The third-order valence-corrected chi connectivity index (χ3v) is 5.18. The molecule has 0 bridgehead atoms. The Morgan fingerprint density at radius 1 is 1.29 bits per heavy atom. The lowest BCUT2D eigenvalue weighted by atomic mass is 10.1. The molecular formula is C18H24N4OS. The van der Waals surface area contributed by atoms with E-state index in [1.807, 2.05) is 24.3 Å². The number of hydrogen-bond donors (Lipinski definition) is 2. The van der Waals surface area contributed by atoms with Crippen molar-refractivity contribution in [1.29, 1.82) is 0 Å². The van der Waals surface area contributed by atoms with Crippen LogP contribution in [0, 0.1) is 0 Å². The zero-order valence-electron chi connectivity index (χ0n) is 14.0. The summed E-state index contributed by atoms with van der Waals surface area (Å²) in [6, 6.07) is 7.73. The van der Waals surface area contributed by atoms with Crippen LogP contribution >= 0.6 is 11.3 Å². The molecule has 1 aromatic heterocycles. The number of anilines is 2. The number of carbonyl (C=O) groups excluding carboxylic acids is 1. The molecule has 128 valence electrons. The smallest absolute Gasteiger partial charge is 0.319 e. The second kappa shape index (κ2) is 8.15. The molecule has 0 atom stereocenters. The summed E-state index contributed by atoms with van der Waals surface area (Å²) in [6.45, 7) is 4.90. The van der Waals surface area contributed by atoms with Gasteiger partial charge in [0.1, 0.15) is 0 Å². The summed E-state index contributed by atoms with van der Waals surface area (Å²) in [5.74, 6) is 0.